The highest BCUT2D eigenvalue weighted by atomic mass is 16.6. The number of nitrogens with zero attached hydrogens (tertiary/aromatic N) is 4. The second kappa shape index (κ2) is 8.54. The molecule has 2 atom stereocenters. The minimum atomic E-state index is -1.03. The molecule has 12 nitrogen and oxygen atoms in total. The fraction of sp³-hybridized carbons (Fsp3) is 0.318. The molecule has 2 aromatic rings. The van der Waals surface area contributed by atoms with Crippen molar-refractivity contribution in [1.82, 2.24) is 5.01 Å². The highest BCUT2D eigenvalue weighted by Gasteiger charge is 2.55. The summed E-state index contributed by atoms with van der Waals surface area (Å²) in [5.74, 6) is 0.483. The lowest BCUT2D eigenvalue weighted by molar-refractivity contribution is -0.123. The Morgan fingerprint density at radius 2 is 1.79 bits per heavy atom. The summed E-state index contributed by atoms with van der Waals surface area (Å²) >= 11 is 0. The van der Waals surface area contributed by atoms with Crippen molar-refractivity contribution >= 4 is 29.1 Å². The fourth-order valence-corrected chi connectivity index (χ4v) is 4.04. The lowest BCUT2D eigenvalue weighted by atomic mass is 10.1. The highest BCUT2D eigenvalue weighted by molar-refractivity contribution is 6.25. The van der Waals surface area contributed by atoms with Crippen LogP contribution in [0.1, 0.15) is 0 Å². The number of ether oxygens (including phenoxy) is 4. The number of carbonyl (C=O) groups excluding carboxylic acids is 3. The third kappa shape index (κ3) is 3.62. The average Bonchev–Trinajstić information content (AvgIpc) is 3.37. The molecule has 3 aliphatic heterocycles. The third-order valence-corrected chi connectivity index (χ3v) is 5.61. The lowest BCUT2D eigenvalue weighted by Gasteiger charge is -2.21. The van der Waals surface area contributed by atoms with Gasteiger partial charge < -0.3 is 24.3 Å². The molecule has 3 heterocycles. The summed E-state index contributed by atoms with van der Waals surface area (Å²) in [5.41, 5.74) is 0.820. The van der Waals surface area contributed by atoms with Gasteiger partial charge in [-0.2, -0.15) is 5.11 Å². The first-order chi connectivity index (χ1) is 16.5. The van der Waals surface area contributed by atoms with Crippen molar-refractivity contribution in [3.8, 4) is 23.0 Å². The van der Waals surface area contributed by atoms with Crippen molar-refractivity contribution in [3.05, 3.63) is 36.4 Å². The number of carbonyl (C=O) groups is 3. The molecular formula is C22H21N5O7. The molecule has 2 aromatic carbocycles. The number of hydrogen-bond acceptors (Lipinski definition) is 10. The Labute approximate surface area is 194 Å². The molecule has 1 fully saturated rings. The molecule has 1 N–H and O–H groups in total. The number of benzene rings is 2. The largest absolute Gasteiger partial charge is 0.493 e. The van der Waals surface area contributed by atoms with E-state index in [4.69, 9.17) is 18.9 Å². The van der Waals surface area contributed by atoms with Gasteiger partial charge in [0, 0.05) is 17.8 Å². The van der Waals surface area contributed by atoms with E-state index < -0.39 is 29.8 Å². The van der Waals surface area contributed by atoms with Crippen LogP contribution in [-0.4, -0.2) is 68.8 Å². The summed E-state index contributed by atoms with van der Waals surface area (Å²) < 4.78 is 21.5. The minimum absolute atomic E-state index is 0.266. The molecule has 3 aliphatic rings. The number of amides is 3. The molecule has 3 amide bonds. The minimum Gasteiger partial charge on any atom is -0.493 e. The van der Waals surface area contributed by atoms with Crippen molar-refractivity contribution in [1.29, 1.82) is 0 Å². The van der Waals surface area contributed by atoms with Gasteiger partial charge in [0.05, 0.1) is 19.9 Å². The van der Waals surface area contributed by atoms with E-state index >= 15 is 0 Å². The summed E-state index contributed by atoms with van der Waals surface area (Å²) in [6.07, 6.45) is 0. The predicted molar refractivity (Wildman–Crippen MR) is 117 cm³/mol. The first-order valence-electron chi connectivity index (χ1n) is 10.5. The van der Waals surface area contributed by atoms with Gasteiger partial charge in [0.25, 0.3) is 11.8 Å². The van der Waals surface area contributed by atoms with Crippen LogP contribution in [0.2, 0.25) is 0 Å². The van der Waals surface area contributed by atoms with E-state index in [0.29, 0.717) is 47.6 Å². The smallest absolute Gasteiger partial charge is 0.263 e. The average molecular weight is 467 g/mol. The molecule has 1 saturated heterocycles. The van der Waals surface area contributed by atoms with Crippen LogP contribution >= 0.6 is 0 Å². The van der Waals surface area contributed by atoms with E-state index in [1.165, 1.54) is 25.3 Å². The van der Waals surface area contributed by atoms with E-state index in [2.05, 4.69) is 15.7 Å². The number of anilines is 2. The van der Waals surface area contributed by atoms with Crippen molar-refractivity contribution in [2.24, 2.45) is 10.3 Å². The van der Waals surface area contributed by atoms with Crippen LogP contribution in [0.3, 0.4) is 0 Å². The Morgan fingerprint density at radius 1 is 1.03 bits per heavy atom. The number of fused-ring (bicyclic) bond motifs is 2. The van der Waals surface area contributed by atoms with Crippen LogP contribution in [0, 0.1) is 0 Å². The number of hydrogen-bond donors (Lipinski definition) is 1. The Hall–Kier alpha value is -4.35. The summed E-state index contributed by atoms with van der Waals surface area (Å²) in [7, 11) is 2.95. The normalized spacial score (nSPS) is 20.4. The van der Waals surface area contributed by atoms with E-state index in [-0.39, 0.29) is 6.54 Å². The summed E-state index contributed by atoms with van der Waals surface area (Å²) in [4.78, 5) is 39.8. The Morgan fingerprint density at radius 3 is 2.56 bits per heavy atom. The molecule has 5 rings (SSSR count). The third-order valence-electron chi connectivity index (χ3n) is 5.61. The maximum atomic E-state index is 13.2. The number of imide groups is 1. The Balaban J connectivity index is 1.29. The molecule has 34 heavy (non-hydrogen) atoms. The molecule has 0 radical (unpaired) electrons. The lowest BCUT2D eigenvalue weighted by Crippen LogP contribution is -2.43. The van der Waals surface area contributed by atoms with Crippen molar-refractivity contribution in [2.45, 2.75) is 12.1 Å². The standard InChI is InChI=1S/C22H21N5O7/c1-31-14-6-4-13(10-16(14)32-2)27-21(29)19-20(22(27)30)26(25-24-19)11-18(28)23-12-3-5-15-17(9-12)34-8-7-33-15/h3-6,9-10,19-20H,7-8,11H2,1-2H3,(H,23,28). The van der Waals surface area contributed by atoms with Crippen LogP contribution in [0.15, 0.2) is 46.7 Å². The first-order valence-corrected chi connectivity index (χ1v) is 10.5. The monoisotopic (exact) mass is 467 g/mol. The van der Waals surface area contributed by atoms with Gasteiger partial charge in [-0.1, -0.05) is 5.22 Å². The Bertz CT molecular complexity index is 1200. The van der Waals surface area contributed by atoms with Crippen LogP contribution in [0.25, 0.3) is 0 Å². The number of methoxy groups -OCH3 is 2. The Kier molecular flexibility index (Phi) is 5.40. The molecule has 0 aromatic heterocycles. The van der Waals surface area contributed by atoms with E-state index in [1.807, 2.05) is 0 Å². The van der Waals surface area contributed by atoms with Gasteiger partial charge in [-0.25, -0.2) is 4.90 Å². The van der Waals surface area contributed by atoms with E-state index in [9.17, 15) is 14.4 Å². The second-order valence-electron chi connectivity index (χ2n) is 7.65. The second-order valence-corrected chi connectivity index (χ2v) is 7.65. The molecule has 2 unspecified atom stereocenters. The molecule has 176 valence electrons. The summed E-state index contributed by atoms with van der Waals surface area (Å²) in [5, 5.41) is 11.8. The van der Waals surface area contributed by atoms with Gasteiger partial charge in [-0.3, -0.25) is 19.4 Å². The molecule has 0 saturated carbocycles. The molecule has 0 aliphatic carbocycles. The zero-order chi connectivity index (χ0) is 23.8. The summed E-state index contributed by atoms with van der Waals surface area (Å²) in [6, 6.07) is 7.72. The zero-order valence-corrected chi connectivity index (χ0v) is 18.4. The van der Waals surface area contributed by atoms with Gasteiger partial charge in [-0.05, 0) is 24.3 Å². The van der Waals surface area contributed by atoms with Crippen molar-refractivity contribution in [3.63, 3.8) is 0 Å². The summed E-state index contributed by atoms with van der Waals surface area (Å²) in [6.45, 7) is 0.626. The van der Waals surface area contributed by atoms with Crippen LogP contribution in [0.5, 0.6) is 23.0 Å². The van der Waals surface area contributed by atoms with Crippen LogP contribution < -0.4 is 29.2 Å². The molecule has 0 spiro atoms. The van der Waals surface area contributed by atoms with Crippen LogP contribution in [0.4, 0.5) is 11.4 Å². The molecular weight excluding hydrogens is 446 g/mol. The first kappa shape index (κ1) is 21.5. The van der Waals surface area contributed by atoms with Gasteiger partial charge in [-0.15, -0.1) is 0 Å². The van der Waals surface area contributed by atoms with Gasteiger partial charge in [0.15, 0.2) is 35.1 Å². The van der Waals surface area contributed by atoms with Gasteiger partial charge in [0.2, 0.25) is 5.91 Å². The SMILES string of the molecule is COc1ccc(N2C(=O)C3N=NN(CC(=O)Nc4ccc5c(c4)OCCO5)C3C2=O)cc1OC. The van der Waals surface area contributed by atoms with Crippen molar-refractivity contribution in [2.75, 3.05) is 44.2 Å². The van der Waals surface area contributed by atoms with E-state index in [1.54, 1.807) is 30.3 Å². The fourth-order valence-electron chi connectivity index (χ4n) is 4.04. The van der Waals surface area contributed by atoms with Crippen molar-refractivity contribution < 1.29 is 33.3 Å². The maximum absolute atomic E-state index is 13.2. The zero-order valence-electron chi connectivity index (χ0n) is 18.4. The van der Waals surface area contributed by atoms with Crippen LogP contribution in [-0.2, 0) is 14.4 Å². The van der Waals surface area contributed by atoms with Gasteiger partial charge in [0.1, 0.15) is 19.8 Å². The molecule has 0 bridgehead atoms. The van der Waals surface area contributed by atoms with E-state index in [0.717, 1.165) is 4.90 Å². The predicted octanol–water partition coefficient (Wildman–Crippen LogP) is 1.41. The molecule has 12 heteroatoms. The highest BCUT2D eigenvalue weighted by Crippen LogP contribution is 2.37. The maximum Gasteiger partial charge on any atom is 0.263 e. The quantitative estimate of drug-likeness (QED) is 0.631. The topological polar surface area (TPSA) is 131 Å². The number of rotatable bonds is 6. The van der Waals surface area contributed by atoms with Gasteiger partial charge >= 0.3 is 0 Å². The number of nitrogens with one attached hydrogen (secondary N) is 1.